The van der Waals surface area contributed by atoms with E-state index in [1.165, 1.54) is 23.1 Å². The van der Waals surface area contributed by atoms with Crippen LogP contribution in [0.25, 0.3) is 0 Å². The summed E-state index contributed by atoms with van der Waals surface area (Å²) in [4.78, 5) is 28.0. The smallest absolute Gasteiger partial charge is 0.325 e. The fraction of sp³-hybridized carbons (Fsp3) is 0.263. The minimum Gasteiger partial charge on any atom is -0.486 e. The average Bonchev–Trinajstić information content (AvgIpc) is 3.04. The first-order valence-electron chi connectivity index (χ1n) is 8.72. The summed E-state index contributed by atoms with van der Waals surface area (Å²) in [5, 5.41) is 2.53. The molecule has 2 aliphatic heterocycles. The number of hydrogen-bond donors (Lipinski definition) is 1. The molecule has 2 aliphatic rings. The molecule has 7 nitrogen and oxygen atoms in total. The van der Waals surface area contributed by atoms with Gasteiger partial charge in [-0.1, -0.05) is 11.6 Å². The molecule has 0 spiro atoms. The van der Waals surface area contributed by atoms with Gasteiger partial charge in [-0.15, -0.1) is 0 Å². The molecule has 0 atom stereocenters. The maximum Gasteiger partial charge on any atom is 0.325 e. The lowest BCUT2D eigenvalue weighted by molar-refractivity contribution is -0.116. The third kappa shape index (κ3) is 3.68. The minimum absolute atomic E-state index is 0.0835. The first-order chi connectivity index (χ1) is 13.5. The van der Waals surface area contributed by atoms with Gasteiger partial charge in [0.15, 0.2) is 11.5 Å². The Hall–Kier alpha value is -3.00. The summed E-state index contributed by atoms with van der Waals surface area (Å²) in [7, 11) is 0. The fourth-order valence-electron chi connectivity index (χ4n) is 3.12. The number of nitrogens with zero attached hydrogens (tertiary/aromatic N) is 2. The Kier molecular flexibility index (Phi) is 4.95. The maximum absolute atomic E-state index is 13.2. The number of ether oxygens (including phenoxy) is 2. The molecule has 2 aromatic carbocycles. The molecule has 4 rings (SSSR count). The van der Waals surface area contributed by atoms with Crippen molar-refractivity contribution in [1.82, 2.24) is 4.90 Å². The molecule has 0 unspecified atom stereocenters. The van der Waals surface area contributed by atoms with Crippen LogP contribution in [0.15, 0.2) is 36.4 Å². The van der Waals surface area contributed by atoms with Gasteiger partial charge in [0, 0.05) is 30.5 Å². The van der Waals surface area contributed by atoms with E-state index in [9.17, 15) is 14.0 Å². The van der Waals surface area contributed by atoms with Gasteiger partial charge in [0.1, 0.15) is 25.6 Å². The highest BCUT2D eigenvalue weighted by Gasteiger charge is 2.31. The lowest BCUT2D eigenvalue weighted by Crippen LogP contribution is -2.37. The normalized spacial score (nSPS) is 15.7. The van der Waals surface area contributed by atoms with Crippen molar-refractivity contribution in [3.05, 3.63) is 47.2 Å². The highest BCUT2D eigenvalue weighted by Crippen LogP contribution is 2.35. The number of hydrogen-bond acceptors (Lipinski definition) is 4. The van der Waals surface area contributed by atoms with Crippen LogP contribution < -0.4 is 19.7 Å². The van der Waals surface area contributed by atoms with Gasteiger partial charge in [-0.2, -0.15) is 0 Å². The largest absolute Gasteiger partial charge is 0.486 e. The van der Waals surface area contributed by atoms with E-state index >= 15 is 0 Å². The monoisotopic (exact) mass is 405 g/mol. The fourth-order valence-corrected chi connectivity index (χ4v) is 3.30. The number of nitrogens with one attached hydrogen (secondary N) is 1. The van der Waals surface area contributed by atoms with Gasteiger partial charge in [0.05, 0.1) is 5.02 Å². The Labute approximate surface area is 165 Å². The van der Waals surface area contributed by atoms with Crippen LogP contribution in [0.4, 0.5) is 20.6 Å². The SMILES string of the molecule is O=C(CN1CCN(c2ccc3c(c2)OCCO3)C1=O)Nc1ccc(F)c(Cl)c1. The molecule has 3 amide bonds. The van der Waals surface area contributed by atoms with Gasteiger partial charge in [-0.05, 0) is 30.3 Å². The van der Waals surface area contributed by atoms with E-state index < -0.39 is 5.82 Å². The van der Waals surface area contributed by atoms with E-state index in [4.69, 9.17) is 21.1 Å². The van der Waals surface area contributed by atoms with Crippen molar-refractivity contribution >= 4 is 34.9 Å². The number of urea groups is 1. The molecule has 0 aromatic heterocycles. The summed E-state index contributed by atoms with van der Waals surface area (Å²) in [6.45, 7) is 1.70. The zero-order valence-electron chi connectivity index (χ0n) is 14.8. The van der Waals surface area contributed by atoms with Crippen LogP contribution in [0.3, 0.4) is 0 Å². The molecular weight excluding hydrogens is 389 g/mol. The summed E-state index contributed by atoms with van der Waals surface area (Å²) < 4.78 is 24.3. The van der Waals surface area contributed by atoms with Crippen molar-refractivity contribution in [2.45, 2.75) is 0 Å². The molecule has 2 heterocycles. The van der Waals surface area contributed by atoms with E-state index in [2.05, 4.69) is 5.32 Å². The Balaban J connectivity index is 1.40. The third-order valence-corrected chi connectivity index (χ3v) is 4.76. The third-order valence-electron chi connectivity index (χ3n) is 4.47. The van der Waals surface area contributed by atoms with Crippen LogP contribution in [-0.4, -0.2) is 49.7 Å². The van der Waals surface area contributed by atoms with Gasteiger partial charge in [0.25, 0.3) is 0 Å². The molecule has 0 radical (unpaired) electrons. The van der Waals surface area contributed by atoms with Crippen molar-refractivity contribution in [3.63, 3.8) is 0 Å². The Morgan fingerprint density at radius 2 is 1.89 bits per heavy atom. The number of carbonyl (C=O) groups is 2. The topological polar surface area (TPSA) is 71.1 Å². The quantitative estimate of drug-likeness (QED) is 0.848. The van der Waals surface area contributed by atoms with Crippen LogP contribution in [0.2, 0.25) is 5.02 Å². The second-order valence-electron chi connectivity index (χ2n) is 6.36. The second-order valence-corrected chi connectivity index (χ2v) is 6.77. The number of rotatable bonds is 4. The van der Waals surface area contributed by atoms with Gasteiger partial charge in [0.2, 0.25) is 5.91 Å². The molecule has 0 aliphatic carbocycles. The number of amides is 3. The number of fused-ring (bicyclic) bond motifs is 1. The van der Waals surface area contributed by atoms with Crippen molar-refractivity contribution in [2.75, 3.05) is 43.1 Å². The summed E-state index contributed by atoms with van der Waals surface area (Å²) in [5.41, 5.74) is 1.05. The van der Waals surface area contributed by atoms with Gasteiger partial charge < -0.3 is 19.7 Å². The zero-order valence-corrected chi connectivity index (χ0v) is 15.5. The Morgan fingerprint density at radius 3 is 2.68 bits per heavy atom. The predicted octanol–water partition coefficient (Wildman–Crippen LogP) is 3.13. The number of anilines is 2. The lowest BCUT2D eigenvalue weighted by atomic mass is 10.2. The molecule has 146 valence electrons. The van der Waals surface area contributed by atoms with E-state index in [0.717, 1.165) is 0 Å². The summed E-state index contributed by atoms with van der Waals surface area (Å²) >= 11 is 5.71. The average molecular weight is 406 g/mol. The first kappa shape index (κ1) is 18.4. The standard InChI is InChI=1S/C19H17ClFN3O4/c20-14-9-12(1-3-15(14)21)22-18(25)11-23-5-6-24(19(23)26)13-2-4-16-17(10-13)28-8-7-27-16/h1-4,9-10H,5-8,11H2,(H,22,25). The molecule has 0 saturated carbocycles. The van der Waals surface area contributed by atoms with Crippen molar-refractivity contribution < 1.29 is 23.5 Å². The van der Waals surface area contributed by atoms with E-state index in [1.807, 2.05) is 0 Å². The summed E-state index contributed by atoms with van der Waals surface area (Å²) in [6, 6.07) is 8.94. The van der Waals surface area contributed by atoms with Crippen molar-refractivity contribution in [3.8, 4) is 11.5 Å². The molecule has 0 bridgehead atoms. The van der Waals surface area contributed by atoms with E-state index in [1.54, 1.807) is 23.1 Å². The summed E-state index contributed by atoms with van der Waals surface area (Å²) in [5.74, 6) is 0.293. The van der Waals surface area contributed by atoms with E-state index in [0.29, 0.717) is 49.2 Å². The molecule has 28 heavy (non-hydrogen) atoms. The number of halogens is 2. The van der Waals surface area contributed by atoms with E-state index in [-0.39, 0.29) is 23.5 Å². The predicted molar refractivity (Wildman–Crippen MR) is 102 cm³/mol. The van der Waals surface area contributed by atoms with Gasteiger partial charge in [-0.3, -0.25) is 9.69 Å². The Morgan fingerprint density at radius 1 is 1.11 bits per heavy atom. The minimum atomic E-state index is -0.565. The highest BCUT2D eigenvalue weighted by atomic mass is 35.5. The van der Waals surface area contributed by atoms with Crippen molar-refractivity contribution in [1.29, 1.82) is 0 Å². The molecule has 1 saturated heterocycles. The van der Waals surface area contributed by atoms with Crippen molar-refractivity contribution in [2.24, 2.45) is 0 Å². The molecule has 2 aromatic rings. The Bertz CT molecular complexity index is 939. The second kappa shape index (κ2) is 7.55. The molecule has 1 N–H and O–H groups in total. The van der Waals surface area contributed by atoms with Crippen LogP contribution in [0.5, 0.6) is 11.5 Å². The van der Waals surface area contributed by atoms with Crippen LogP contribution in [0.1, 0.15) is 0 Å². The number of benzene rings is 2. The molecule has 9 heteroatoms. The maximum atomic E-state index is 13.2. The number of carbonyl (C=O) groups excluding carboxylic acids is 2. The lowest BCUT2D eigenvalue weighted by Gasteiger charge is -2.22. The van der Waals surface area contributed by atoms with Crippen LogP contribution in [-0.2, 0) is 4.79 Å². The van der Waals surface area contributed by atoms with Gasteiger partial charge in [-0.25, -0.2) is 9.18 Å². The zero-order chi connectivity index (χ0) is 19.7. The highest BCUT2D eigenvalue weighted by molar-refractivity contribution is 6.31. The summed E-state index contributed by atoms with van der Waals surface area (Å²) in [6.07, 6.45) is 0. The van der Waals surface area contributed by atoms with Gasteiger partial charge >= 0.3 is 6.03 Å². The van der Waals surface area contributed by atoms with Crippen LogP contribution in [0, 0.1) is 5.82 Å². The first-order valence-corrected chi connectivity index (χ1v) is 9.10. The van der Waals surface area contributed by atoms with Crippen LogP contribution >= 0.6 is 11.6 Å². The molecule has 1 fully saturated rings. The molecular formula is C19H17ClFN3O4.